The van der Waals surface area contributed by atoms with Crippen LogP contribution in [0.2, 0.25) is 0 Å². The number of hydrogen-bond acceptors (Lipinski definition) is 5. The number of nitrogens with zero attached hydrogens (tertiary/aromatic N) is 2. The molecule has 142 valence electrons. The topological polar surface area (TPSA) is 80.1 Å². The first-order valence-electron chi connectivity index (χ1n) is 9.33. The van der Waals surface area contributed by atoms with Gasteiger partial charge in [0, 0.05) is 25.7 Å². The molecule has 27 heavy (non-hydrogen) atoms. The molecule has 0 radical (unpaired) electrons. The Kier molecular flexibility index (Phi) is 5.31. The third-order valence-corrected chi connectivity index (χ3v) is 5.60. The number of methoxy groups -OCH3 is 1. The van der Waals surface area contributed by atoms with E-state index in [4.69, 9.17) is 11.2 Å². The Morgan fingerprint density at radius 3 is 2.74 bits per heavy atom. The highest BCUT2D eigenvalue weighted by molar-refractivity contribution is 5.90. The van der Waals surface area contributed by atoms with Crippen LogP contribution < -0.4 is 5.32 Å². The van der Waals surface area contributed by atoms with Crippen molar-refractivity contribution in [1.29, 1.82) is 0 Å². The first-order chi connectivity index (χ1) is 13.0. The van der Waals surface area contributed by atoms with Crippen molar-refractivity contribution in [3.05, 3.63) is 35.4 Å². The van der Waals surface area contributed by atoms with Crippen molar-refractivity contribution >= 4 is 11.9 Å². The van der Waals surface area contributed by atoms with Crippen LogP contribution in [0.4, 0.5) is 0 Å². The largest absolute Gasteiger partial charge is 0.467 e. The van der Waals surface area contributed by atoms with Crippen molar-refractivity contribution in [2.75, 3.05) is 7.11 Å². The van der Waals surface area contributed by atoms with E-state index in [0.29, 0.717) is 31.6 Å². The van der Waals surface area contributed by atoms with Crippen molar-refractivity contribution in [3.63, 3.8) is 0 Å². The monoisotopic (exact) mass is 367 g/mol. The van der Waals surface area contributed by atoms with E-state index in [-0.39, 0.29) is 12.3 Å². The SMILES string of the molecule is C#CCCC1(CCC(=O)NC2(C(=O)OC)CCC(C)c3ccccc32)N=N1. The van der Waals surface area contributed by atoms with Crippen LogP contribution in [0.25, 0.3) is 0 Å². The number of hydrogen-bond donors (Lipinski definition) is 1. The zero-order chi connectivity index (χ0) is 19.5. The Labute approximate surface area is 159 Å². The van der Waals surface area contributed by atoms with Gasteiger partial charge in [0.1, 0.15) is 0 Å². The Morgan fingerprint density at radius 2 is 2.07 bits per heavy atom. The molecule has 2 atom stereocenters. The van der Waals surface area contributed by atoms with Gasteiger partial charge in [-0.3, -0.25) is 4.79 Å². The summed E-state index contributed by atoms with van der Waals surface area (Å²) < 4.78 is 5.08. The Hall–Kier alpha value is -2.68. The quantitative estimate of drug-likeness (QED) is 0.592. The Morgan fingerprint density at radius 1 is 1.33 bits per heavy atom. The third-order valence-electron chi connectivity index (χ3n) is 5.60. The number of esters is 1. The molecular weight excluding hydrogens is 342 g/mol. The van der Waals surface area contributed by atoms with Gasteiger partial charge in [-0.05, 0) is 29.9 Å². The maximum atomic E-state index is 12.8. The fourth-order valence-electron chi connectivity index (χ4n) is 3.89. The number of nitrogens with one attached hydrogen (secondary N) is 1. The van der Waals surface area contributed by atoms with Gasteiger partial charge >= 0.3 is 5.97 Å². The van der Waals surface area contributed by atoms with Crippen LogP contribution in [0.1, 0.15) is 62.5 Å². The molecule has 1 aliphatic heterocycles. The van der Waals surface area contributed by atoms with Crippen molar-refractivity contribution in [2.24, 2.45) is 10.2 Å². The molecule has 2 unspecified atom stereocenters. The molecule has 1 N–H and O–H groups in total. The first kappa shape index (κ1) is 19.1. The summed E-state index contributed by atoms with van der Waals surface area (Å²) in [6.45, 7) is 2.13. The third kappa shape index (κ3) is 3.73. The van der Waals surface area contributed by atoms with E-state index in [9.17, 15) is 9.59 Å². The van der Waals surface area contributed by atoms with E-state index in [1.807, 2.05) is 24.3 Å². The van der Waals surface area contributed by atoms with Crippen LogP contribution in [0, 0.1) is 12.3 Å². The number of benzene rings is 1. The van der Waals surface area contributed by atoms with Gasteiger partial charge in [-0.2, -0.15) is 10.2 Å². The van der Waals surface area contributed by atoms with Crippen molar-refractivity contribution in [2.45, 2.75) is 62.6 Å². The van der Waals surface area contributed by atoms with Gasteiger partial charge in [0.2, 0.25) is 5.91 Å². The van der Waals surface area contributed by atoms with Gasteiger partial charge in [0.25, 0.3) is 0 Å². The molecule has 1 aromatic carbocycles. The van der Waals surface area contributed by atoms with Gasteiger partial charge in [-0.1, -0.05) is 31.2 Å². The van der Waals surface area contributed by atoms with E-state index in [2.05, 4.69) is 28.4 Å². The highest BCUT2D eigenvalue weighted by Gasteiger charge is 2.47. The zero-order valence-electron chi connectivity index (χ0n) is 15.8. The van der Waals surface area contributed by atoms with Crippen LogP contribution in [-0.4, -0.2) is 24.6 Å². The molecular formula is C21H25N3O3. The summed E-state index contributed by atoms with van der Waals surface area (Å²) >= 11 is 0. The standard InChI is InChI=1S/C21H25N3O3/c1-4-5-12-20(23-24-20)13-11-18(25)22-21(19(26)27-3)14-10-15(2)16-8-6-7-9-17(16)21/h1,6-9,15H,5,10-14H2,2-3H3,(H,22,25). The predicted molar refractivity (Wildman–Crippen MR) is 101 cm³/mol. The fourth-order valence-corrected chi connectivity index (χ4v) is 3.89. The number of ether oxygens (including phenoxy) is 1. The predicted octanol–water partition coefficient (Wildman–Crippen LogP) is 3.42. The van der Waals surface area contributed by atoms with Gasteiger partial charge in [-0.15, -0.1) is 12.3 Å². The number of amides is 1. The average Bonchev–Trinajstić information content (AvgIpc) is 3.47. The molecule has 6 heteroatoms. The van der Waals surface area contributed by atoms with E-state index in [0.717, 1.165) is 17.5 Å². The molecule has 1 amide bonds. The first-order valence-corrected chi connectivity index (χ1v) is 9.33. The van der Waals surface area contributed by atoms with E-state index in [1.54, 1.807) is 0 Å². The summed E-state index contributed by atoms with van der Waals surface area (Å²) in [6, 6.07) is 7.76. The number of rotatable bonds is 7. The normalized spacial score (nSPS) is 24.4. The number of carbonyl (C=O) groups is 2. The van der Waals surface area contributed by atoms with Crippen LogP contribution in [0.3, 0.4) is 0 Å². The molecule has 0 spiro atoms. The number of carbonyl (C=O) groups excluding carboxylic acids is 2. The van der Waals surface area contributed by atoms with Crippen molar-refractivity contribution in [1.82, 2.24) is 5.32 Å². The molecule has 0 bridgehead atoms. The van der Waals surface area contributed by atoms with Crippen molar-refractivity contribution < 1.29 is 14.3 Å². The lowest BCUT2D eigenvalue weighted by molar-refractivity contribution is -0.152. The number of terminal acetylenes is 1. The summed E-state index contributed by atoms with van der Waals surface area (Å²) in [6.07, 6.45) is 8.56. The molecule has 1 aromatic rings. The van der Waals surface area contributed by atoms with Gasteiger partial charge in [0.15, 0.2) is 11.2 Å². The minimum Gasteiger partial charge on any atom is -0.467 e. The minimum absolute atomic E-state index is 0.206. The number of fused-ring (bicyclic) bond motifs is 1. The molecule has 0 fully saturated rings. The van der Waals surface area contributed by atoms with Crippen LogP contribution in [-0.2, 0) is 19.9 Å². The molecule has 6 nitrogen and oxygen atoms in total. The summed E-state index contributed by atoms with van der Waals surface area (Å²) in [4.78, 5) is 25.5. The summed E-state index contributed by atoms with van der Waals surface area (Å²) in [5, 5.41) is 11.1. The highest BCUT2D eigenvalue weighted by atomic mass is 16.5. The Balaban J connectivity index is 1.77. The van der Waals surface area contributed by atoms with Gasteiger partial charge in [0.05, 0.1) is 7.11 Å². The summed E-state index contributed by atoms with van der Waals surface area (Å²) in [5.41, 5.74) is 0.249. The second kappa shape index (κ2) is 7.51. The summed E-state index contributed by atoms with van der Waals surface area (Å²) in [7, 11) is 1.35. The lowest BCUT2D eigenvalue weighted by Gasteiger charge is -2.39. The maximum absolute atomic E-state index is 12.8. The van der Waals surface area contributed by atoms with E-state index < -0.39 is 17.2 Å². The smallest absolute Gasteiger partial charge is 0.336 e. The average molecular weight is 367 g/mol. The molecule has 3 rings (SSSR count). The molecule has 0 aromatic heterocycles. The molecule has 1 heterocycles. The summed E-state index contributed by atoms with van der Waals surface area (Å²) in [5.74, 6) is 2.27. The molecule has 2 aliphatic rings. The highest BCUT2D eigenvalue weighted by Crippen LogP contribution is 2.42. The fraction of sp³-hybridized carbons (Fsp3) is 0.524. The second-order valence-corrected chi connectivity index (χ2v) is 7.36. The second-order valence-electron chi connectivity index (χ2n) is 7.36. The molecule has 0 saturated heterocycles. The Bertz CT molecular complexity index is 805. The van der Waals surface area contributed by atoms with Crippen LogP contribution in [0.5, 0.6) is 0 Å². The lowest BCUT2D eigenvalue weighted by Crippen LogP contribution is -2.54. The van der Waals surface area contributed by atoms with E-state index in [1.165, 1.54) is 7.11 Å². The zero-order valence-corrected chi connectivity index (χ0v) is 15.8. The molecule has 1 aliphatic carbocycles. The molecule has 0 saturated carbocycles. The van der Waals surface area contributed by atoms with Gasteiger partial charge < -0.3 is 10.1 Å². The van der Waals surface area contributed by atoms with E-state index >= 15 is 0 Å². The van der Waals surface area contributed by atoms with Gasteiger partial charge in [-0.25, -0.2) is 4.79 Å². The maximum Gasteiger partial charge on any atom is 0.336 e. The lowest BCUT2D eigenvalue weighted by atomic mass is 9.72. The van der Waals surface area contributed by atoms with Crippen LogP contribution >= 0.6 is 0 Å². The van der Waals surface area contributed by atoms with Crippen molar-refractivity contribution in [3.8, 4) is 12.3 Å². The minimum atomic E-state index is -1.14. The van der Waals surface area contributed by atoms with Crippen LogP contribution in [0.15, 0.2) is 34.5 Å².